The Labute approximate surface area is 93.2 Å². The normalized spacial score (nSPS) is 18.7. The van der Waals surface area contributed by atoms with Crippen molar-refractivity contribution in [3.05, 3.63) is 34.1 Å². The molecule has 0 spiro atoms. The Morgan fingerprint density at radius 3 is 2.67 bits per heavy atom. The lowest BCUT2D eigenvalue weighted by atomic mass is 9.78. The van der Waals surface area contributed by atoms with Gasteiger partial charge in [0.15, 0.2) is 0 Å². The third-order valence-electron chi connectivity index (χ3n) is 2.97. The van der Waals surface area contributed by atoms with Crippen LogP contribution in [0.1, 0.15) is 11.1 Å². The standard InChI is InChI=1S/C11H13ClFNO/c1-7-2-9(12)8(3-10(7)13)11(4-14)5-15-6-11/h2-3H,4-6,14H2,1H3. The van der Waals surface area contributed by atoms with Gasteiger partial charge in [0.2, 0.25) is 0 Å². The second kappa shape index (κ2) is 3.74. The SMILES string of the molecule is Cc1cc(Cl)c(C2(CN)COC2)cc1F. The van der Waals surface area contributed by atoms with Crippen LogP contribution in [0.2, 0.25) is 5.02 Å². The minimum atomic E-state index is -0.286. The number of rotatable bonds is 2. The first-order valence-electron chi connectivity index (χ1n) is 4.83. The molecule has 1 aromatic carbocycles. The Kier molecular flexibility index (Phi) is 2.71. The summed E-state index contributed by atoms with van der Waals surface area (Å²) in [4.78, 5) is 0. The van der Waals surface area contributed by atoms with Crippen molar-refractivity contribution >= 4 is 11.6 Å². The summed E-state index contributed by atoms with van der Waals surface area (Å²) in [7, 11) is 0. The van der Waals surface area contributed by atoms with Gasteiger partial charge in [0, 0.05) is 11.6 Å². The van der Waals surface area contributed by atoms with Crippen LogP contribution in [0.25, 0.3) is 0 Å². The molecule has 1 aliphatic heterocycles. The maximum Gasteiger partial charge on any atom is 0.126 e. The largest absolute Gasteiger partial charge is 0.379 e. The average Bonchev–Trinajstić information content (AvgIpc) is 2.12. The summed E-state index contributed by atoms with van der Waals surface area (Å²) < 4.78 is 18.6. The molecular formula is C11H13ClFNO. The van der Waals surface area contributed by atoms with E-state index in [1.807, 2.05) is 0 Å². The number of halogens is 2. The van der Waals surface area contributed by atoms with Gasteiger partial charge in [-0.2, -0.15) is 0 Å². The van der Waals surface area contributed by atoms with Crippen LogP contribution in [0.4, 0.5) is 4.39 Å². The number of ether oxygens (including phenoxy) is 1. The highest BCUT2D eigenvalue weighted by molar-refractivity contribution is 6.31. The van der Waals surface area contributed by atoms with Crippen molar-refractivity contribution in [1.29, 1.82) is 0 Å². The fraction of sp³-hybridized carbons (Fsp3) is 0.455. The van der Waals surface area contributed by atoms with E-state index in [0.29, 0.717) is 30.3 Å². The molecule has 0 unspecified atom stereocenters. The summed E-state index contributed by atoms with van der Waals surface area (Å²) in [6, 6.07) is 3.12. The van der Waals surface area contributed by atoms with Crippen molar-refractivity contribution in [1.82, 2.24) is 0 Å². The molecule has 1 heterocycles. The Hall–Kier alpha value is -0.640. The molecular weight excluding hydrogens is 217 g/mol. The Bertz CT molecular complexity index is 385. The van der Waals surface area contributed by atoms with E-state index < -0.39 is 0 Å². The summed E-state index contributed by atoms with van der Waals surface area (Å²) in [6.45, 7) is 3.16. The van der Waals surface area contributed by atoms with Gasteiger partial charge in [0.25, 0.3) is 0 Å². The van der Waals surface area contributed by atoms with Crippen molar-refractivity contribution in [2.24, 2.45) is 5.73 Å². The molecule has 0 amide bonds. The molecule has 2 rings (SSSR count). The van der Waals surface area contributed by atoms with Crippen molar-refractivity contribution in [2.75, 3.05) is 19.8 Å². The Morgan fingerprint density at radius 2 is 2.20 bits per heavy atom. The summed E-state index contributed by atoms with van der Waals surface area (Å²) >= 11 is 6.10. The van der Waals surface area contributed by atoms with Crippen LogP contribution in [-0.4, -0.2) is 19.8 Å². The van der Waals surface area contributed by atoms with Crippen LogP contribution < -0.4 is 5.73 Å². The van der Waals surface area contributed by atoms with Crippen LogP contribution in [0.5, 0.6) is 0 Å². The molecule has 0 radical (unpaired) electrons. The van der Waals surface area contributed by atoms with Crippen molar-refractivity contribution in [2.45, 2.75) is 12.3 Å². The fourth-order valence-electron chi connectivity index (χ4n) is 1.78. The molecule has 1 aromatic rings. The van der Waals surface area contributed by atoms with Crippen molar-refractivity contribution in [3.8, 4) is 0 Å². The van der Waals surface area contributed by atoms with Gasteiger partial charge in [-0.15, -0.1) is 0 Å². The van der Waals surface area contributed by atoms with Gasteiger partial charge in [0.05, 0.1) is 18.6 Å². The van der Waals surface area contributed by atoms with E-state index in [4.69, 9.17) is 22.1 Å². The molecule has 15 heavy (non-hydrogen) atoms. The molecule has 0 bridgehead atoms. The number of hydrogen-bond acceptors (Lipinski definition) is 2. The highest BCUT2D eigenvalue weighted by Crippen LogP contribution is 2.36. The van der Waals surface area contributed by atoms with Gasteiger partial charge in [-0.05, 0) is 30.2 Å². The Morgan fingerprint density at radius 1 is 1.53 bits per heavy atom. The van der Waals surface area contributed by atoms with E-state index in [-0.39, 0.29) is 11.2 Å². The van der Waals surface area contributed by atoms with E-state index in [1.165, 1.54) is 6.07 Å². The van der Waals surface area contributed by atoms with Crippen LogP contribution in [0, 0.1) is 12.7 Å². The van der Waals surface area contributed by atoms with Crippen LogP contribution in [0.3, 0.4) is 0 Å². The van der Waals surface area contributed by atoms with Gasteiger partial charge < -0.3 is 10.5 Å². The van der Waals surface area contributed by atoms with E-state index in [1.54, 1.807) is 13.0 Å². The minimum Gasteiger partial charge on any atom is -0.379 e. The smallest absolute Gasteiger partial charge is 0.126 e. The molecule has 1 aliphatic rings. The zero-order chi connectivity index (χ0) is 11.1. The minimum absolute atomic E-state index is 0.242. The number of hydrogen-bond donors (Lipinski definition) is 1. The van der Waals surface area contributed by atoms with Crippen molar-refractivity contribution in [3.63, 3.8) is 0 Å². The average molecular weight is 230 g/mol. The highest BCUT2D eigenvalue weighted by atomic mass is 35.5. The summed E-state index contributed by atoms with van der Waals surface area (Å²) in [5.41, 5.74) is 6.73. The molecule has 2 nitrogen and oxygen atoms in total. The molecule has 0 atom stereocenters. The van der Waals surface area contributed by atoms with Gasteiger partial charge >= 0.3 is 0 Å². The lowest BCUT2D eigenvalue weighted by molar-refractivity contribution is -0.0551. The third-order valence-corrected chi connectivity index (χ3v) is 3.28. The zero-order valence-electron chi connectivity index (χ0n) is 8.52. The lowest BCUT2D eigenvalue weighted by Crippen LogP contribution is -2.52. The molecule has 4 heteroatoms. The topological polar surface area (TPSA) is 35.2 Å². The molecule has 0 aliphatic carbocycles. The van der Waals surface area contributed by atoms with E-state index in [0.717, 1.165) is 5.56 Å². The Balaban J connectivity index is 2.47. The van der Waals surface area contributed by atoms with Gasteiger partial charge in [-0.25, -0.2) is 4.39 Å². The van der Waals surface area contributed by atoms with Crippen LogP contribution in [0.15, 0.2) is 12.1 Å². The first-order chi connectivity index (χ1) is 7.09. The number of nitrogens with two attached hydrogens (primary N) is 1. The maximum absolute atomic E-state index is 13.4. The van der Waals surface area contributed by atoms with Crippen LogP contribution >= 0.6 is 11.6 Å². The lowest BCUT2D eigenvalue weighted by Gasteiger charge is -2.41. The predicted molar refractivity (Wildman–Crippen MR) is 57.7 cm³/mol. The summed E-state index contributed by atoms with van der Waals surface area (Å²) in [5.74, 6) is -0.242. The summed E-state index contributed by atoms with van der Waals surface area (Å²) in [6.07, 6.45) is 0. The van der Waals surface area contributed by atoms with Gasteiger partial charge in [-0.1, -0.05) is 11.6 Å². The first kappa shape index (κ1) is 10.9. The molecule has 2 N–H and O–H groups in total. The van der Waals surface area contributed by atoms with E-state index >= 15 is 0 Å². The van der Waals surface area contributed by atoms with Gasteiger partial charge in [-0.3, -0.25) is 0 Å². The van der Waals surface area contributed by atoms with Crippen LogP contribution in [-0.2, 0) is 10.2 Å². The second-order valence-electron chi connectivity index (χ2n) is 4.06. The van der Waals surface area contributed by atoms with E-state index in [2.05, 4.69) is 0 Å². The monoisotopic (exact) mass is 229 g/mol. The number of benzene rings is 1. The van der Waals surface area contributed by atoms with Crippen molar-refractivity contribution < 1.29 is 9.13 Å². The molecule has 82 valence electrons. The van der Waals surface area contributed by atoms with E-state index in [9.17, 15) is 4.39 Å². The fourth-order valence-corrected chi connectivity index (χ4v) is 2.20. The summed E-state index contributed by atoms with van der Waals surface area (Å²) in [5, 5.41) is 0.572. The maximum atomic E-state index is 13.4. The second-order valence-corrected chi connectivity index (χ2v) is 4.47. The quantitative estimate of drug-likeness (QED) is 0.842. The molecule has 1 saturated heterocycles. The van der Waals surface area contributed by atoms with Gasteiger partial charge in [0.1, 0.15) is 5.82 Å². The predicted octanol–water partition coefficient (Wildman–Crippen LogP) is 2.01. The zero-order valence-corrected chi connectivity index (χ0v) is 9.27. The molecule has 1 fully saturated rings. The molecule has 0 aromatic heterocycles. The number of aryl methyl sites for hydroxylation is 1. The highest BCUT2D eigenvalue weighted by Gasteiger charge is 2.40. The first-order valence-corrected chi connectivity index (χ1v) is 5.21. The molecule has 0 saturated carbocycles. The third kappa shape index (κ3) is 1.65.